The number of carbonyl (C=O) groups is 3. The zero-order valence-corrected chi connectivity index (χ0v) is 22.8. The Morgan fingerprint density at radius 3 is 2.13 bits per heavy atom. The van der Waals surface area contributed by atoms with E-state index in [1.807, 2.05) is 72.8 Å². The molecule has 1 saturated carbocycles. The quantitative estimate of drug-likeness (QED) is 0.442. The first-order valence-electron chi connectivity index (χ1n) is 13.5. The Kier molecular flexibility index (Phi) is 8.82. The van der Waals surface area contributed by atoms with Gasteiger partial charge in [-0.1, -0.05) is 73.3 Å². The number of carbonyl (C=O) groups excluding carboxylic acids is 3. The summed E-state index contributed by atoms with van der Waals surface area (Å²) in [6, 6.07) is 21.5. The molecular formula is C32H38N4O3. The Bertz CT molecular complexity index is 1350. The van der Waals surface area contributed by atoms with Gasteiger partial charge < -0.3 is 21.3 Å². The minimum atomic E-state index is -1.00. The van der Waals surface area contributed by atoms with Gasteiger partial charge in [-0.25, -0.2) is 0 Å². The number of hydrogen-bond acceptors (Lipinski definition) is 4. The molecule has 1 fully saturated rings. The van der Waals surface area contributed by atoms with Gasteiger partial charge in [0.05, 0.1) is 0 Å². The normalized spacial score (nSPS) is 18.6. The molecule has 39 heavy (non-hydrogen) atoms. The molecule has 0 aromatic heterocycles. The fourth-order valence-corrected chi connectivity index (χ4v) is 5.49. The second kappa shape index (κ2) is 12.3. The predicted octanol–water partition coefficient (Wildman–Crippen LogP) is 3.75. The van der Waals surface area contributed by atoms with E-state index in [0.717, 1.165) is 34.7 Å². The average molecular weight is 527 g/mol. The minimum absolute atomic E-state index is 0.102. The highest BCUT2D eigenvalue weighted by atomic mass is 16.2. The van der Waals surface area contributed by atoms with Crippen LogP contribution in [0.4, 0.5) is 0 Å². The van der Waals surface area contributed by atoms with Crippen molar-refractivity contribution in [2.75, 3.05) is 14.1 Å². The van der Waals surface area contributed by atoms with Gasteiger partial charge in [0, 0.05) is 32.5 Å². The molecule has 4 rings (SSSR count). The number of amides is 3. The van der Waals surface area contributed by atoms with Crippen LogP contribution in [0.2, 0.25) is 0 Å². The largest absolute Gasteiger partial charge is 0.368 e. The summed E-state index contributed by atoms with van der Waals surface area (Å²) >= 11 is 0. The lowest BCUT2D eigenvalue weighted by Gasteiger charge is -2.37. The molecule has 0 radical (unpaired) electrons. The van der Waals surface area contributed by atoms with Crippen molar-refractivity contribution in [3.05, 3.63) is 90.5 Å². The molecule has 0 spiro atoms. The van der Waals surface area contributed by atoms with Crippen molar-refractivity contribution in [2.45, 2.75) is 50.2 Å². The van der Waals surface area contributed by atoms with E-state index in [-0.39, 0.29) is 24.3 Å². The van der Waals surface area contributed by atoms with Crippen LogP contribution in [0.15, 0.2) is 79.4 Å². The van der Waals surface area contributed by atoms with Crippen LogP contribution in [0.1, 0.15) is 36.8 Å². The van der Waals surface area contributed by atoms with E-state index in [9.17, 15) is 14.4 Å². The third-order valence-corrected chi connectivity index (χ3v) is 7.96. The van der Waals surface area contributed by atoms with Gasteiger partial charge in [0.2, 0.25) is 17.7 Å². The summed E-state index contributed by atoms with van der Waals surface area (Å²) in [7, 11) is 3.22. The summed E-state index contributed by atoms with van der Waals surface area (Å²) in [4.78, 5) is 43.3. The van der Waals surface area contributed by atoms with E-state index in [0.29, 0.717) is 18.4 Å². The molecule has 0 saturated heterocycles. The van der Waals surface area contributed by atoms with Gasteiger partial charge in [-0.05, 0) is 59.2 Å². The first kappa shape index (κ1) is 28.0. The highest BCUT2D eigenvalue weighted by molar-refractivity contribution is 6.01. The van der Waals surface area contributed by atoms with Crippen molar-refractivity contribution in [2.24, 2.45) is 17.4 Å². The molecule has 3 aromatic carbocycles. The molecule has 7 heteroatoms. The zero-order chi connectivity index (χ0) is 28.1. The number of hydrogen-bond donors (Lipinski definition) is 2. The van der Waals surface area contributed by atoms with Crippen LogP contribution in [0.3, 0.4) is 0 Å². The number of nitrogens with zero attached hydrogens (tertiary/aromatic N) is 2. The molecule has 0 unspecified atom stereocenters. The van der Waals surface area contributed by atoms with Crippen LogP contribution in [-0.2, 0) is 20.8 Å². The molecule has 0 heterocycles. The summed E-state index contributed by atoms with van der Waals surface area (Å²) in [5, 5.41) is 2.07. The molecule has 1 aliphatic rings. The molecule has 0 aliphatic heterocycles. The van der Waals surface area contributed by atoms with E-state index >= 15 is 0 Å². The van der Waals surface area contributed by atoms with E-state index in [2.05, 4.69) is 6.58 Å². The Hall–Kier alpha value is -3.97. The predicted molar refractivity (Wildman–Crippen MR) is 155 cm³/mol. The maximum atomic E-state index is 14.2. The fraction of sp³-hybridized carbons (Fsp3) is 0.344. The lowest BCUT2D eigenvalue weighted by molar-refractivity contribution is -0.146. The average Bonchev–Trinajstić information content (AvgIpc) is 2.95. The van der Waals surface area contributed by atoms with E-state index in [4.69, 9.17) is 11.5 Å². The van der Waals surface area contributed by atoms with Crippen molar-refractivity contribution in [3.8, 4) is 0 Å². The van der Waals surface area contributed by atoms with Crippen LogP contribution < -0.4 is 11.5 Å². The third kappa shape index (κ3) is 6.37. The maximum Gasteiger partial charge on any atom is 0.250 e. The van der Waals surface area contributed by atoms with E-state index in [1.54, 1.807) is 14.1 Å². The minimum Gasteiger partial charge on any atom is -0.368 e. The number of primary amides is 1. The van der Waals surface area contributed by atoms with Gasteiger partial charge in [-0.15, -0.1) is 0 Å². The number of rotatable bonds is 9. The monoisotopic (exact) mass is 526 g/mol. The molecular weight excluding hydrogens is 488 g/mol. The fourth-order valence-electron chi connectivity index (χ4n) is 5.49. The topological polar surface area (TPSA) is 110 Å². The molecule has 1 aliphatic carbocycles. The van der Waals surface area contributed by atoms with Crippen LogP contribution in [0.25, 0.3) is 16.3 Å². The second-order valence-electron chi connectivity index (χ2n) is 10.6. The summed E-state index contributed by atoms with van der Waals surface area (Å²) in [6.07, 6.45) is 3.18. The van der Waals surface area contributed by atoms with Crippen LogP contribution in [-0.4, -0.2) is 59.7 Å². The van der Waals surface area contributed by atoms with Gasteiger partial charge in [-0.2, -0.15) is 0 Å². The summed E-state index contributed by atoms with van der Waals surface area (Å²) in [5.41, 5.74) is 14.0. The Morgan fingerprint density at radius 2 is 1.49 bits per heavy atom. The first-order chi connectivity index (χ1) is 18.7. The van der Waals surface area contributed by atoms with Gasteiger partial charge in [0.15, 0.2) is 0 Å². The molecule has 0 bridgehead atoms. The number of nitrogens with two attached hydrogens (primary N) is 2. The lowest BCUT2D eigenvalue weighted by atomic mass is 9.85. The van der Waals surface area contributed by atoms with Gasteiger partial charge in [0.25, 0.3) is 0 Å². The molecule has 3 amide bonds. The lowest BCUT2D eigenvalue weighted by Crippen LogP contribution is -2.55. The number of likely N-dealkylation sites (N-methyl/N-ethyl adjacent to an activating group) is 2. The number of fused-ring (bicyclic) bond motifs is 1. The van der Waals surface area contributed by atoms with Gasteiger partial charge in [0.1, 0.15) is 12.1 Å². The first-order valence-corrected chi connectivity index (χ1v) is 13.5. The Labute approximate surface area is 230 Å². The summed E-state index contributed by atoms with van der Waals surface area (Å²) in [6.45, 7) is 4.31. The number of benzene rings is 3. The van der Waals surface area contributed by atoms with Gasteiger partial charge >= 0.3 is 0 Å². The van der Waals surface area contributed by atoms with Crippen LogP contribution in [0.5, 0.6) is 0 Å². The van der Waals surface area contributed by atoms with Crippen LogP contribution >= 0.6 is 0 Å². The van der Waals surface area contributed by atoms with E-state index < -0.39 is 23.9 Å². The van der Waals surface area contributed by atoms with Crippen molar-refractivity contribution in [1.29, 1.82) is 0 Å². The summed E-state index contributed by atoms with van der Waals surface area (Å²) in [5.74, 6) is -1.35. The van der Waals surface area contributed by atoms with Crippen molar-refractivity contribution < 1.29 is 14.4 Å². The Balaban J connectivity index is 1.68. The van der Waals surface area contributed by atoms with Crippen molar-refractivity contribution in [1.82, 2.24) is 9.80 Å². The molecule has 204 valence electrons. The molecule has 2 atom stereocenters. The Morgan fingerprint density at radius 1 is 0.872 bits per heavy atom. The SMILES string of the molecule is C=C(c1ccc2ccccc2c1)[C@H](C(=O)N(C)[C@H](Cc1ccccc1)C(N)=O)N(C)C(=O)C1CCC(N)CC1. The zero-order valence-electron chi connectivity index (χ0n) is 22.8. The third-order valence-electron chi connectivity index (χ3n) is 7.96. The molecule has 3 aromatic rings. The van der Waals surface area contributed by atoms with E-state index in [1.165, 1.54) is 9.80 Å². The van der Waals surface area contributed by atoms with Crippen molar-refractivity contribution >= 4 is 34.1 Å². The van der Waals surface area contributed by atoms with Crippen LogP contribution in [0, 0.1) is 5.92 Å². The van der Waals surface area contributed by atoms with Gasteiger partial charge in [-0.3, -0.25) is 14.4 Å². The van der Waals surface area contributed by atoms with Crippen molar-refractivity contribution in [3.63, 3.8) is 0 Å². The maximum absolute atomic E-state index is 14.2. The highest BCUT2D eigenvalue weighted by Crippen LogP contribution is 2.30. The molecule has 7 nitrogen and oxygen atoms in total. The molecule has 4 N–H and O–H groups in total. The highest BCUT2D eigenvalue weighted by Gasteiger charge is 2.38. The smallest absolute Gasteiger partial charge is 0.250 e. The summed E-state index contributed by atoms with van der Waals surface area (Å²) < 4.78 is 0. The second-order valence-corrected chi connectivity index (χ2v) is 10.6. The standard InChI is InChI=1S/C32H38N4O3/c1-21(25-14-13-23-11-7-8-12-26(23)20-25)29(36(3)31(38)24-15-17-27(33)18-16-24)32(39)35(2)28(30(34)37)19-22-9-5-4-6-10-22/h4-14,20,24,27-29H,1,15-19,33H2,2-3H3,(H2,34,37)/t24?,27?,28-,29-/m1/s1.